The Morgan fingerprint density at radius 1 is 1.00 bits per heavy atom. The molecule has 2 rings (SSSR count). The van der Waals surface area contributed by atoms with Crippen molar-refractivity contribution in [1.82, 2.24) is 0 Å². The summed E-state index contributed by atoms with van der Waals surface area (Å²) in [5.74, 6) is -0.212. The molecule has 0 amide bonds. The summed E-state index contributed by atoms with van der Waals surface area (Å²) in [6.45, 7) is 5.85. The summed E-state index contributed by atoms with van der Waals surface area (Å²) in [5.41, 5.74) is 5.43. The van der Waals surface area contributed by atoms with Crippen molar-refractivity contribution in [2.45, 2.75) is 27.4 Å². The van der Waals surface area contributed by atoms with Crippen LogP contribution >= 0.6 is 0 Å². The molecule has 0 atom stereocenters. The summed E-state index contributed by atoms with van der Waals surface area (Å²) in [6, 6.07) is 8.96. The average Bonchev–Trinajstić information content (AvgIpc) is 2.32. The predicted octanol–water partition coefficient (Wildman–Crippen LogP) is 3.91. The lowest BCUT2D eigenvalue weighted by Gasteiger charge is -2.12. The molecule has 0 aliphatic carbocycles. The van der Waals surface area contributed by atoms with E-state index in [-0.39, 0.29) is 12.4 Å². The highest BCUT2D eigenvalue weighted by Gasteiger charge is 2.09. The molecule has 0 radical (unpaired) electrons. The van der Waals surface area contributed by atoms with Crippen LogP contribution in [0.1, 0.15) is 22.3 Å². The molecule has 2 aromatic rings. The van der Waals surface area contributed by atoms with Crippen molar-refractivity contribution in [2.75, 3.05) is 0 Å². The normalized spacial score (nSPS) is 10.7. The Hall–Kier alpha value is -1.67. The molecule has 0 saturated carbocycles. The van der Waals surface area contributed by atoms with Gasteiger partial charge in [0.15, 0.2) is 0 Å². The van der Waals surface area contributed by atoms with Crippen LogP contribution in [0, 0.1) is 26.6 Å². The van der Waals surface area contributed by atoms with Crippen LogP contribution in [0.5, 0.6) is 0 Å². The van der Waals surface area contributed by atoms with Crippen LogP contribution in [0.25, 0.3) is 11.1 Å². The van der Waals surface area contributed by atoms with Crippen molar-refractivity contribution >= 4 is 0 Å². The Labute approximate surface area is 107 Å². The number of aliphatic hydroxyl groups is 1. The first-order valence-electron chi connectivity index (χ1n) is 6.00. The summed E-state index contributed by atoms with van der Waals surface area (Å²) < 4.78 is 13.9. The second-order valence-electron chi connectivity index (χ2n) is 4.73. The number of halogens is 1. The molecule has 2 aromatic carbocycles. The van der Waals surface area contributed by atoms with E-state index in [0.717, 1.165) is 27.8 Å². The number of benzene rings is 2. The molecule has 1 nitrogen and oxygen atoms in total. The van der Waals surface area contributed by atoms with Gasteiger partial charge < -0.3 is 5.11 Å². The summed E-state index contributed by atoms with van der Waals surface area (Å²) in [7, 11) is 0. The van der Waals surface area contributed by atoms with Crippen LogP contribution < -0.4 is 0 Å². The number of aliphatic hydroxyl groups excluding tert-OH is 1. The molecular weight excluding hydrogens is 227 g/mol. The van der Waals surface area contributed by atoms with Gasteiger partial charge in [-0.1, -0.05) is 23.8 Å². The maximum Gasteiger partial charge on any atom is 0.131 e. The Morgan fingerprint density at radius 2 is 1.61 bits per heavy atom. The lowest BCUT2D eigenvalue weighted by molar-refractivity contribution is 0.280. The fourth-order valence-electron chi connectivity index (χ4n) is 2.26. The van der Waals surface area contributed by atoms with Gasteiger partial charge in [0.2, 0.25) is 0 Å². The second-order valence-corrected chi connectivity index (χ2v) is 4.73. The molecule has 0 aliphatic heterocycles. The maximum atomic E-state index is 13.9. The zero-order valence-electron chi connectivity index (χ0n) is 10.9. The number of rotatable bonds is 2. The fraction of sp³-hybridized carbons (Fsp3) is 0.250. The molecule has 0 fully saturated rings. The monoisotopic (exact) mass is 244 g/mol. The molecule has 0 unspecified atom stereocenters. The maximum absolute atomic E-state index is 13.9. The lowest BCUT2D eigenvalue weighted by atomic mass is 9.95. The van der Waals surface area contributed by atoms with Gasteiger partial charge in [-0.2, -0.15) is 0 Å². The number of hydrogen-bond acceptors (Lipinski definition) is 1. The highest BCUT2D eigenvalue weighted by atomic mass is 19.1. The zero-order chi connectivity index (χ0) is 13.3. The third-order valence-electron chi connectivity index (χ3n) is 3.29. The zero-order valence-corrected chi connectivity index (χ0v) is 10.9. The van der Waals surface area contributed by atoms with E-state index in [1.165, 1.54) is 6.07 Å². The van der Waals surface area contributed by atoms with E-state index in [0.29, 0.717) is 5.56 Å². The Morgan fingerprint density at radius 3 is 2.17 bits per heavy atom. The largest absolute Gasteiger partial charge is 0.392 e. The Kier molecular flexibility index (Phi) is 3.48. The first kappa shape index (κ1) is 12.8. The van der Waals surface area contributed by atoms with E-state index < -0.39 is 0 Å². The van der Waals surface area contributed by atoms with Crippen LogP contribution in [-0.4, -0.2) is 5.11 Å². The van der Waals surface area contributed by atoms with E-state index in [1.807, 2.05) is 39.0 Å². The SMILES string of the molecule is Cc1ccc(F)c(-c2cc(C)c(CO)c(C)c2)c1. The third-order valence-corrected chi connectivity index (χ3v) is 3.29. The standard InChI is InChI=1S/C16H17FO/c1-10-4-5-16(17)14(6-10)13-7-11(2)15(9-18)12(3)8-13/h4-8,18H,9H2,1-3H3. The first-order valence-corrected chi connectivity index (χ1v) is 6.00. The first-order chi connectivity index (χ1) is 8.52. The molecule has 0 aliphatic rings. The molecule has 0 spiro atoms. The molecule has 0 aromatic heterocycles. The molecular formula is C16H17FO. The van der Waals surface area contributed by atoms with Crippen molar-refractivity contribution in [3.8, 4) is 11.1 Å². The highest BCUT2D eigenvalue weighted by molar-refractivity contribution is 5.67. The van der Waals surface area contributed by atoms with E-state index in [9.17, 15) is 9.50 Å². The summed E-state index contributed by atoms with van der Waals surface area (Å²) in [5, 5.41) is 9.29. The van der Waals surface area contributed by atoms with Gasteiger partial charge in [0, 0.05) is 5.56 Å². The van der Waals surface area contributed by atoms with Crippen LogP contribution in [-0.2, 0) is 6.61 Å². The third kappa shape index (κ3) is 2.29. The molecule has 2 heteroatoms. The van der Waals surface area contributed by atoms with Crippen LogP contribution in [0.3, 0.4) is 0 Å². The van der Waals surface area contributed by atoms with Crippen molar-refractivity contribution in [3.05, 3.63) is 58.4 Å². The molecule has 0 saturated heterocycles. The van der Waals surface area contributed by atoms with Gasteiger partial charge in [0.1, 0.15) is 5.82 Å². The molecule has 18 heavy (non-hydrogen) atoms. The van der Waals surface area contributed by atoms with Crippen molar-refractivity contribution in [1.29, 1.82) is 0 Å². The van der Waals surface area contributed by atoms with E-state index in [1.54, 1.807) is 6.07 Å². The molecule has 1 N–H and O–H groups in total. The second kappa shape index (κ2) is 4.91. The predicted molar refractivity (Wildman–Crippen MR) is 72.0 cm³/mol. The minimum atomic E-state index is -0.212. The van der Waals surface area contributed by atoms with Crippen molar-refractivity contribution in [3.63, 3.8) is 0 Å². The van der Waals surface area contributed by atoms with Gasteiger partial charge in [-0.15, -0.1) is 0 Å². The Balaban J connectivity index is 2.61. The van der Waals surface area contributed by atoms with Gasteiger partial charge in [-0.3, -0.25) is 0 Å². The van der Waals surface area contributed by atoms with Gasteiger partial charge in [0.25, 0.3) is 0 Å². The summed E-state index contributed by atoms with van der Waals surface area (Å²) in [4.78, 5) is 0. The summed E-state index contributed by atoms with van der Waals surface area (Å²) in [6.07, 6.45) is 0. The quantitative estimate of drug-likeness (QED) is 0.849. The molecule has 0 bridgehead atoms. The number of hydrogen-bond donors (Lipinski definition) is 1. The highest BCUT2D eigenvalue weighted by Crippen LogP contribution is 2.28. The van der Waals surface area contributed by atoms with Crippen molar-refractivity contribution in [2.24, 2.45) is 0 Å². The Bertz CT molecular complexity index is 565. The van der Waals surface area contributed by atoms with Crippen LogP contribution in [0.4, 0.5) is 4.39 Å². The minimum absolute atomic E-state index is 0.0221. The lowest BCUT2D eigenvalue weighted by Crippen LogP contribution is -1.95. The van der Waals surface area contributed by atoms with E-state index >= 15 is 0 Å². The molecule has 0 heterocycles. The number of aryl methyl sites for hydroxylation is 3. The topological polar surface area (TPSA) is 20.2 Å². The van der Waals surface area contributed by atoms with E-state index in [2.05, 4.69) is 0 Å². The smallest absolute Gasteiger partial charge is 0.131 e. The van der Waals surface area contributed by atoms with Crippen LogP contribution in [0.15, 0.2) is 30.3 Å². The van der Waals surface area contributed by atoms with Gasteiger partial charge in [0.05, 0.1) is 6.61 Å². The minimum Gasteiger partial charge on any atom is -0.392 e. The van der Waals surface area contributed by atoms with Gasteiger partial charge >= 0.3 is 0 Å². The van der Waals surface area contributed by atoms with Gasteiger partial charge in [-0.25, -0.2) is 4.39 Å². The summed E-state index contributed by atoms with van der Waals surface area (Å²) >= 11 is 0. The fourth-order valence-corrected chi connectivity index (χ4v) is 2.26. The average molecular weight is 244 g/mol. The van der Waals surface area contributed by atoms with Crippen molar-refractivity contribution < 1.29 is 9.50 Å². The van der Waals surface area contributed by atoms with E-state index in [4.69, 9.17) is 0 Å². The van der Waals surface area contributed by atoms with Gasteiger partial charge in [-0.05, 0) is 55.2 Å². The molecule has 94 valence electrons. The van der Waals surface area contributed by atoms with Crippen LogP contribution in [0.2, 0.25) is 0 Å².